The maximum absolute atomic E-state index is 12.6. The summed E-state index contributed by atoms with van der Waals surface area (Å²) in [6.07, 6.45) is -3.65. The number of nitrogens with one attached hydrogen (secondary N) is 2. The van der Waals surface area contributed by atoms with Crippen molar-refractivity contribution in [2.24, 2.45) is 0 Å². The third-order valence-electron chi connectivity index (χ3n) is 3.06. The molecular formula is C16H14ClF3N2S. The second-order valence-corrected chi connectivity index (χ2v) is 5.68. The summed E-state index contributed by atoms with van der Waals surface area (Å²) >= 11 is 10.9. The summed E-state index contributed by atoms with van der Waals surface area (Å²) in [5.41, 5.74) is 0.666. The third kappa shape index (κ3) is 5.73. The van der Waals surface area contributed by atoms with Gasteiger partial charge in [-0.3, -0.25) is 0 Å². The van der Waals surface area contributed by atoms with Gasteiger partial charge in [-0.25, -0.2) is 0 Å². The minimum atomic E-state index is -4.37. The molecule has 0 aliphatic heterocycles. The third-order valence-corrected chi connectivity index (χ3v) is 3.56. The molecule has 0 bridgehead atoms. The lowest BCUT2D eigenvalue weighted by atomic mass is 10.1. The van der Waals surface area contributed by atoms with Gasteiger partial charge in [0.15, 0.2) is 5.11 Å². The van der Waals surface area contributed by atoms with Crippen molar-refractivity contribution >= 4 is 34.6 Å². The number of rotatable bonds is 4. The molecule has 0 aliphatic carbocycles. The Bertz CT molecular complexity index is 672. The van der Waals surface area contributed by atoms with Crippen molar-refractivity contribution in [3.63, 3.8) is 0 Å². The Morgan fingerprint density at radius 1 is 1.09 bits per heavy atom. The molecule has 122 valence electrons. The van der Waals surface area contributed by atoms with Gasteiger partial charge in [-0.15, -0.1) is 0 Å². The predicted octanol–water partition coefficient (Wildman–Crippen LogP) is 4.89. The van der Waals surface area contributed by atoms with Gasteiger partial charge in [0.2, 0.25) is 0 Å². The van der Waals surface area contributed by atoms with E-state index in [1.165, 1.54) is 12.1 Å². The smallest absolute Gasteiger partial charge is 0.362 e. The molecule has 0 heterocycles. The summed E-state index contributed by atoms with van der Waals surface area (Å²) in [6.45, 7) is 0.562. The average Bonchev–Trinajstić information content (AvgIpc) is 2.49. The van der Waals surface area contributed by atoms with Crippen molar-refractivity contribution in [1.29, 1.82) is 0 Å². The summed E-state index contributed by atoms with van der Waals surface area (Å²) in [6, 6.07) is 12.3. The highest BCUT2D eigenvalue weighted by molar-refractivity contribution is 7.80. The number of anilines is 1. The Morgan fingerprint density at radius 3 is 2.43 bits per heavy atom. The standard InChI is InChI=1S/C16H14ClF3N2S/c17-13-6-4-11(5-7-13)8-9-21-15(23)22-14-3-1-2-12(10-14)16(18,19)20/h1-7,10H,8-9H2,(H2,21,22,23). The van der Waals surface area contributed by atoms with Crippen LogP contribution in [0.2, 0.25) is 5.02 Å². The molecule has 7 heteroatoms. The molecule has 0 amide bonds. The van der Waals surface area contributed by atoms with Crippen LogP contribution in [0.15, 0.2) is 48.5 Å². The summed E-state index contributed by atoms with van der Waals surface area (Å²) in [5.74, 6) is 0. The number of thiocarbonyl (C=S) groups is 1. The molecule has 0 saturated heterocycles. The van der Waals surface area contributed by atoms with Crippen LogP contribution >= 0.6 is 23.8 Å². The van der Waals surface area contributed by atoms with E-state index < -0.39 is 11.7 Å². The normalized spacial score (nSPS) is 11.1. The Hall–Kier alpha value is -1.79. The SMILES string of the molecule is FC(F)(F)c1cccc(NC(=S)NCCc2ccc(Cl)cc2)c1. The van der Waals surface area contributed by atoms with E-state index in [1.807, 2.05) is 12.1 Å². The first-order valence-corrected chi connectivity index (χ1v) is 7.60. The Labute approximate surface area is 142 Å². The summed E-state index contributed by atoms with van der Waals surface area (Å²) in [4.78, 5) is 0. The molecule has 0 aliphatic rings. The highest BCUT2D eigenvalue weighted by Crippen LogP contribution is 2.30. The van der Waals surface area contributed by atoms with E-state index in [2.05, 4.69) is 10.6 Å². The number of hydrogen-bond donors (Lipinski definition) is 2. The van der Waals surface area contributed by atoms with Gasteiger partial charge in [-0.05, 0) is 54.5 Å². The molecule has 0 radical (unpaired) electrons. The fraction of sp³-hybridized carbons (Fsp3) is 0.188. The largest absolute Gasteiger partial charge is 0.416 e. The second kappa shape index (κ2) is 7.66. The fourth-order valence-electron chi connectivity index (χ4n) is 1.92. The van der Waals surface area contributed by atoms with Crippen LogP contribution in [-0.2, 0) is 12.6 Å². The molecule has 23 heavy (non-hydrogen) atoms. The van der Waals surface area contributed by atoms with Crippen LogP contribution in [0.4, 0.5) is 18.9 Å². The maximum atomic E-state index is 12.6. The van der Waals surface area contributed by atoms with Crippen molar-refractivity contribution in [3.8, 4) is 0 Å². The van der Waals surface area contributed by atoms with E-state index >= 15 is 0 Å². The molecule has 2 rings (SSSR count). The Kier molecular flexibility index (Phi) is 5.85. The van der Waals surface area contributed by atoms with Crippen LogP contribution in [0.5, 0.6) is 0 Å². The Balaban J connectivity index is 1.84. The zero-order valence-corrected chi connectivity index (χ0v) is 13.5. The number of halogens is 4. The van der Waals surface area contributed by atoms with Gasteiger partial charge < -0.3 is 10.6 Å². The number of alkyl halides is 3. The van der Waals surface area contributed by atoms with Crippen LogP contribution in [0, 0.1) is 0 Å². The summed E-state index contributed by atoms with van der Waals surface area (Å²) in [5, 5.41) is 6.65. The highest BCUT2D eigenvalue weighted by Gasteiger charge is 2.30. The first-order chi connectivity index (χ1) is 10.8. The van der Waals surface area contributed by atoms with E-state index in [0.29, 0.717) is 17.3 Å². The van der Waals surface area contributed by atoms with E-state index in [-0.39, 0.29) is 5.11 Å². The van der Waals surface area contributed by atoms with Gasteiger partial charge >= 0.3 is 6.18 Å². The molecule has 0 fully saturated rings. The van der Waals surface area contributed by atoms with Gasteiger partial charge in [-0.1, -0.05) is 29.8 Å². The van der Waals surface area contributed by atoms with Crippen LogP contribution < -0.4 is 10.6 Å². The highest BCUT2D eigenvalue weighted by atomic mass is 35.5. The van der Waals surface area contributed by atoms with E-state index in [9.17, 15) is 13.2 Å². The van der Waals surface area contributed by atoms with Crippen LogP contribution in [0.1, 0.15) is 11.1 Å². The molecule has 2 aromatic carbocycles. The molecule has 0 spiro atoms. The molecule has 2 nitrogen and oxygen atoms in total. The van der Waals surface area contributed by atoms with Crippen molar-refractivity contribution in [2.45, 2.75) is 12.6 Å². The van der Waals surface area contributed by atoms with Crippen LogP contribution in [0.25, 0.3) is 0 Å². The monoisotopic (exact) mass is 358 g/mol. The lowest BCUT2D eigenvalue weighted by Gasteiger charge is -2.12. The van der Waals surface area contributed by atoms with Crippen molar-refractivity contribution in [2.75, 3.05) is 11.9 Å². The predicted molar refractivity (Wildman–Crippen MR) is 90.8 cm³/mol. The number of hydrogen-bond acceptors (Lipinski definition) is 1. The molecule has 0 unspecified atom stereocenters. The lowest BCUT2D eigenvalue weighted by molar-refractivity contribution is -0.137. The number of benzene rings is 2. The summed E-state index contributed by atoms with van der Waals surface area (Å²) < 4.78 is 37.9. The molecule has 0 aromatic heterocycles. The van der Waals surface area contributed by atoms with E-state index in [1.54, 1.807) is 12.1 Å². The van der Waals surface area contributed by atoms with Gasteiger partial charge in [0, 0.05) is 17.3 Å². The molecular weight excluding hydrogens is 345 g/mol. The maximum Gasteiger partial charge on any atom is 0.416 e. The van der Waals surface area contributed by atoms with Gasteiger partial charge in [0.1, 0.15) is 0 Å². The van der Waals surface area contributed by atoms with Crippen molar-refractivity contribution in [1.82, 2.24) is 5.32 Å². The second-order valence-electron chi connectivity index (χ2n) is 4.84. The first-order valence-electron chi connectivity index (χ1n) is 6.81. The van der Waals surface area contributed by atoms with Gasteiger partial charge in [-0.2, -0.15) is 13.2 Å². The summed E-state index contributed by atoms with van der Waals surface area (Å²) in [7, 11) is 0. The molecule has 2 aromatic rings. The lowest BCUT2D eigenvalue weighted by Crippen LogP contribution is -2.30. The minimum absolute atomic E-state index is 0.276. The minimum Gasteiger partial charge on any atom is -0.362 e. The van der Waals surface area contributed by atoms with E-state index in [4.69, 9.17) is 23.8 Å². The van der Waals surface area contributed by atoms with Crippen LogP contribution in [0.3, 0.4) is 0 Å². The van der Waals surface area contributed by atoms with Crippen molar-refractivity contribution in [3.05, 3.63) is 64.7 Å². The fourth-order valence-corrected chi connectivity index (χ4v) is 2.27. The van der Waals surface area contributed by atoms with E-state index in [0.717, 1.165) is 24.1 Å². The molecule has 2 N–H and O–H groups in total. The molecule has 0 saturated carbocycles. The van der Waals surface area contributed by atoms with Crippen molar-refractivity contribution < 1.29 is 13.2 Å². The quantitative estimate of drug-likeness (QED) is 0.761. The Morgan fingerprint density at radius 2 is 1.78 bits per heavy atom. The topological polar surface area (TPSA) is 24.1 Å². The average molecular weight is 359 g/mol. The molecule has 0 atom stereocenters. The zero-order chi connectivity index (χ0) is 16.9. The van der Waals surface area contributed by atoms with Gasteiger partial charge in [0.25, 0.3) is 0 Å². The van der Waals surface area contributed by atoms with Gasteiger partial charge in [0.05, 0.1) is 5.56 Å². The zero-order valence-electron chi connectivity index (χ0n) is 12.0. The first kappa shape index (κ1) is 17.6. The van der Waals surface area contributed by atoms with Crippen LogP contribution in [-0.4, -0.2) is 11.7 Å².